The molecule has 2 aliphatic rings. The first-order valence-electron chi connectivity index (χ1n) is 10.4. The second kappa shape index (κ2) is 8.27. The minimum atomic E-state index is 0.0749. The van der Waals surface area contributed by atoms with E-state index in [0.29, 0.717) is 13.1 Å². The molecule has 7 heteroatoms. The lowest BCUT2D eigenvalue weighted by atomic mass is 9.79. The van der Waals surface area contributed by atoms with Gasteiger partial charge in [-0.15, -0.1) is 0 Å². The molecule has 1 saturated carbocycles. The number of aromatic nitrogens is 2. The summed E-state index contributed by atoms with van der Waals surface area (Å²) in [6.45, 7) is 2.56. The van der Waals surface area contributed by atoms with Crippen LogP contribution in [0.2, 0.25) is 0 Å². The molecular formula is C22H30N6O. The van der Waals surface area contributed by atoms with E-state index in [9.17, 15) is 4.79 Å². The Bertz CT molecular complexity index is 868. The molecule has 2 aromatic rings. The SMILES string of the molecule is CN=C(NCC1(c2ccccc2)CCCC1)N1CCN(c2cnn(C)c2)C(=O)C1. The maximum Gasteiger partial charge on any atom is 0.246 e. The van der Waals surface area contributed by atoms with Crippen molar-refractivity contribution in [3.8, 4) is 0 Å². The summed E-state index contributed by atoms with van der Waals surface area (Å²) in [4.78, 5) is 21.1. The molecule has 1 N–H and O–H groups in total. The van der Waals surface area contributed by atoms with E-state index in [4.69, 9.17) is 0 Å². The third kappa shape index (κ3) is 3.99. The Morgan fingerprint density at radius 1 is 1.21 bits per heavy atom. The number of hydrogen-bond acceptors (Lipinski definition) is 3. The summed E-state index contributed by atoms with van der Waals surface area (Å²) in [6, 6.07) is 10.8. The van der Waals surface area contributed by atoms with Gasteiger partial charge in [-0.05, 0) is 18.4 Å². The first kappa shape index (κ1) is 19.5. The van der Waals surface area contributed by atoms with Crippen LogP contribution in [0.15, 0.2) is 47.7 Å². The molecule has 2 fully saturated rings. The summed E-state index contributed by atoms with van der Waals surface area (Å²) in [5, 5.41) is 7.77. The number of piperazine rings is 1. The first-order chi connectivity index (χ1) is 14.1. The van der Waals surface area contributed by atoms with E-state index in [1.807, 2.05) is 13.2 Å². The van der Waals surface area contributed by atoms with Gasteiger partial charge in [0.05, 0.1) is 11.9 Å². The molecule has 29 heavy (non-hydrogen) atoms. The van der Waals surface area contributed by atoms with Crippen LogP contribution in [0.4, 0.5) is 5.69 Å². The van der Waals surface area contributed by atoms with Gasteiger partial charge >= 0.3 is 0 Å². The zero-order valence-corrected chi connectivity index (χ0v) is 17.3. The third-order valence-corrected chi connectivity index (χ3v) is 6.27. The first-order valence-corrected chi connectivity index (χ1v) is 10.4. The standard InChI is InChI=1S/C22H30N6O/c1-23-21(24-17-22(10-6-7-11-22)18-8-4-3-5-9-18)27-12-13-28(20(29)16-27)19-14-25-26(2)15-19/h3-5,8-9,14-15H,6-7,10-13,16-17H2,1-2H3,(H,23,24). The Labute approximate surface area is 172 Å². The van der Waals surface area contributed by atoms with E-state index in [1.54, 1.807) is 22.8 Å². The summed E-state index contributed by atoms with van der Waals surface area (Å²) in [7, 11) is 3.66. The van der Waals surface area contributed by atoms with Gasteiger partial charge in [0.15, 0.2) is 5.96 Å². The van der Waals surface area contributed by atoms with Crippen molar-refractivity contribution < 1.29 is 4.79 Å². The monoisotopic (exact) mass is 394 g/mol. The summed E-state index contributed by atoms with van der Waals surface area (Å²) in [6.07, 6.45) is 8.52. The van der Waals surface area contributed by atoms with Crippen molar-refractivity contribution in [1.29, 1.82) is 0 Å². The number of amides is 1. The number of rotatable bonds is 4. The second-order valence-electron chi connectivity index (χ2n) is 8.09. The number of nitrogens with one attached hydrogen (secondary N) is 1. The Morgan fingerprint density at radius 2 is 1.97 bits per heavy atom. The Hall–Kier alpha value is -2.83. The molecule has 1 aromatic heterocycles. The number of guanidine groups is 1. The predicted molar refractivity (Wildman–Crippen MR) is 115 cm³/mol. The molecule has 1 saturated heterocycles. The molecule has 0 spiro atoms. The topological polar surface area (TPSA) is 65.8 Å². The van der Waals surface area contributed by atoms with Crippen LogP contribution in [-0.4, -0.2) is 59.8 Å². The molecule has 1 aliphatic carbocycles. The van der Waals surface area contributed by atoms with Crippen molar-refractivity contribution in [3.05, 3.63) is 48.3 Å². The van der Waals surface area contributed by atoms with Gasteiger partial charge in [-0.2, -0.15) is 5.10 Å². The molecule has 4 rings (SSSR count). The Kier molecular flexibility index (Phi) is 5.56. The van der Waals surface area contributed by atoms with Crippen LogP contribution >= 0.6 is 0 Å². The van der Waals surface area contributed by atoms with Gasteiger partial charge < -0.3 is 15.1 Å². The van der Waals surface area contributed by atoms with E-state index in [2.05, 4.69) is 50.6 Å². The summed E-state index contributed by atoms with van der Waals surface area (Å²) < 4.78 is 1.72. The fraction of sp³-hybridized carbons (Fsp3) is 0.500. The predicted octanol–water partition coefficient (Wildman–Crippen LogP) is 2.16. The van der Waals surface area contributed by atoms with Gasteiger partial charge in [-0.3, -0.25) is 14.5 Å². The van der Waals surface area contributed by atoms with Crippen LogP contribution in [0.1, 0.15) is 31.2 Å². The number of nitrogens with zero attached hydrogens (tertiary/aromatic N) is 5. The van der Waals surface area contributed by atoms with Crippen LogP contribution in [0, 0.1) is 0 Å². The van der Waals surface area contributed by atoms with E-state index < -0.39 is 0 Å². The van der Waals surface area contributed by atoms with Gasteiger partial charge in [-0.1, -0.05) is 43.2 Å². The molecule has 1 aromatic carbocycles. The lowest BCUT2D eigenvalue weighted by molar-refractivity contribution is -0.120. The molecular weight excluding hydrogens is 364 g/mol. The highest BCUT2D eigenvalue weighted by molar-refractivity contribution is 5.98. The Balaban J connectivity index is 1.41. The average Bonchev–Trinajstić information content (AvgIpc) is 3.39. The Morgan fingerprint density at radius 3 is 2.59 bits per heavy atom. The zero-order valence-electron chi connectivity index (χ0n) is 17.3. The molecule has 154 valence electrons. The zero-order chi connectivity index (χ0) is 20.3. The van der Waals surface area contributed by atoms with Crippen LogP contribution in [0.25, 0.3) is 0 Å². The third-order valence-electron chi connectivity index (χ3n) is 6.27. The fourth-order valence-corrected chi connectivity index (χ4v) is 4.67. The van der Waals surface area contributed by atoms with E-state index in [0.717, 1.165) is 24.7 Å². The minimum Gasteiger partial charge on any atom is -0.355 e. The molecule has 7 nitrogen and oxygen atoms in total. The normalized spacial score (nSPS) is 19.7. The number of aryl methyl sites for hydroxylation is 1. The number of carbonyl (C=O) groups excluding carboxylic acids is 1. The van der Waals surface area contributed by atoms with Gasteiger partial charge in [-0.25, -0.2) is 0 Å². The number of anilines is 1. The van der Waals surface area contributed by atoms with Crippen LogP contribution in [0.5, 0.6) is 0 Å². The quantitative estimate of drug-likeness (QED) is 0.638. The lowest BCUT2D eigenvalue weighted by Gasteiger charge is -2.37. The second-order valence-corrected chi connectivity index (χ2v) is 8.09. The van der Waals surface area contributed by atoms with Crippen molar-refractivity contribution >= 4 is 17.6 Å². The van der Waals surface area contributed by atoms with E-state index in [1.165, 1.54) is 31.2 Å². The molecule has 1 aliphatic heterocycles. The largest absolute Gasteiger partial charge is 0.355 e. The van der Waals surface area contributed by atoms with E-state index >= 15 is 0 Å². The van der Waals surface area contributed by atoms with Crippen molar-refractivity contribution in [1.82, 2.24) is 20.0 Å². The number of hydrogen-bond donors (Lipinski definition) is 1. The molecule has 2 heterocycles. The van der Waals surface area contributed by atoms with Gasteiger partial charge in [0.1, 0.15) is 6.54 Å². The smallest absolute Gasteiger partial charge is 0.246 e. The molecule has 1 amide bonds. The molecule has 0 radical (unpaired) electrons. The highest BCUT2D eigenvalue weighted by atomic mass is 16.2. The number of aliphatic imine (C=N–C) groups is 1. The lowest BCUT2D eigenvalue weighted by Crippen LogP contribution is -2.56. The average molecular weight is 395 g/mol. The molecule has 0 atom stereocenters. The maximum absolute atomic E-state index is 12.7. The molecule has 0 unspecified atom stereocenters. The summed E-state index contributed by atoms with van der Waals surface area (Å²) in [5.41, 5.74) is 2.41. The highest BCUT2D eigenvalue weighted by Gasteiger charge is 2.36. The van der Waals surface area contributed by atoms with Gasteiger partial charge in [0, 0.05) is 45.3 Å². The van der Waals surface area contributed by atoms with Crippen molar-refractivity contribution in [2.75, 3.05) is 38.1 Å². The van der Waals surface area contributed by atoms with E-state index in [-0.39, 0.29) is 11.3 Å². The maximum atomic E-state index is 12.7. The van der Waals surface area contributed by atoms with Gasteiger partial charge in [0.25, 0.3) is 0 Å². The number of carbonyl (C=O) groups is 1. The summed E-state index contributed by atoms with van der Waals surface area (Å²) >= 11 is 0. The number of benzene rings is 1. The van der Waals surface area contributed by atoms with Gasteiger partial charge in [0.2, 0.25) is 5.91 Å². The van der Waals surface area contributed by atoms with Crippen molar-refractivity contribution in [2.45, 2.75) is 31.1 Å². The van der Waals surface area contributed by atoms with Crippen LogP contribution in [-0.2, 0) is 17.3 Å². The van der Waals surface area contributed by atoms with Crippen molar-refractivity contribution in [3.63, 3.8) is 0 Å². The highest BCUT2D eigenvalue weighted by Crippen LogP contribution is 2.40. The van der Waals surface area contributed by atoms with Crippen LogP contribution in [0.3, 0.4) is 0 Å². The minimum absolute atomic E-state index is 0.0749. The molecule has 0 bridgehead atoms. The fourth-order valence-electron chi connectivity index (χ4n) is 4.67. The van der Waals surface area contributed by atoms with Crippen molar-refractivity contribution in [2.24, 2.45) is 12.0 Å². The van der Waals surface area contributed by atoms with Crippen LogP contribution < -0.4 is 10.2 Å². The summed E-state index contributed by atoms with van der Waals surface area (Å²) in [5.74, 6) is 0.886.